The summed E-state index contributed by atoms with van der Waals surface area (Å²) >= 11 is 0. The molecule has 148 valence electrons. The highest BCUT2D eigenvalue weighted by Crippen LogP contribution is 2.41. The first kappa shape index (κ1) is 18.8. The summed E-state index contributed by atoms with van der Waals surface area (Å²) in [4.78, 5) is 19.4. The van der Waals surface area contributed by atoms with Gasteiger partial charge in [0.15, 0.2) is 0 Å². The second-order valence-electron chi connectivity index (χ2n) is 7.76. The molecule has 0 radical (unpaired) electrons. The van der Waals surface area contributed by atoms with E-state index in [1.54, 1.807) is 6.92 Å². The number of carbonyl (C=O) groups excluding carboxylic acids is 1. The van der Waals surface area contributed by atoms with Crippen molar-refractivity contribution in [2.24, 2.45) is 11.7 Å². The molecule has 2 aromatic rings. The minimum Gasteiger partial charge on any atom is -0.374 e. The molecule has 2 fully saturated rings. The van der Waals surface area contributed by atoms with Gasteiger partial charge >= 0.3 is 0 Å². The highest BCUT2D eigenvalue weighted by Gasteiger charge is 2.44. The van der Waals surface area contributed by atoms with Crippen LogP contribution in [0.3, 0.4) is 0 Å². The van der Waals surface area contributed by atoms with Gasteiger partial charge < -0.3 is 25.6 Å². The molecule has 2 aliphatic rings. The van der Waals surface area contributed by atoms with E-state index in [0.29, 0.717) is 42.3 Å². The number of likely N-dealkylation sites (tertiary alicyclic amines) is 1. The normalized spacial score (nSPS) is 22.4. The van der Waals surface area contributed by atoms with Crippen LogP contribution >= 0.6 is 0 Å². The highest BCUT2D eigenvalue weighted by atomic mass is 19.1. The number of aromatic nitrogens is 1. The van der Waals surface area contributed by atoms with E-state index in [1.165, 1.54) is 6.07 Å². The minimum absolute atomic E-state index is 0.0444. The maximum absolute atomic E-state index is 15.2. The molecule has 3 atom stereocenters. The monoisotopic (exact) mass is 384 g/mol. The molecule has 7 heteroatoms. The zero-order valence-corrected chi connectivity index (χ0v) is 16.3. The predicted molar refractivity (Wildman–Crippen MR) is 106 cm³/mol. The summed E-state index contributed by atoms with van der Waals surface area (Å²) in [6, 6.07) is 1.36. The first-order valence-corrected chi connectivity index (χ1v) is 9.56. The number of aryl methyl sites for hydroxylation is 2. The molecule has 0 spiro atoms. The third-order valence-electron chi connectivity index (χ3n) is 6.21. The van der Waals surface area contributed by atoms with E-state index in [2.05, 4.69) is 16.8 Å². The topological polar surface area (TPSA) is 85.6 Å². The Morgan fingerprint density at radius 2 is 2.18 bits per heavy atom. The molecular formula is C21H25FN4O2. The standard InChI is InChI=1S/C21H25FN4O2/c1-4-5-17(27)26-7-6-13-9-25(10-16(13)26)20-15(22)8-14(21(23)28)19-18(20)11(2)12(3)24-19/h8,13,16,21,24,28H,6-7,9-10,23H2,1-3H3. The van der Waals surface area contributed by atoms with Gasteiger partial charge in [-0.2, -0.15) is 0 Å². The molecule has 1 amide bonds. The third kappa shape index (κ3) is 2.76. The van der Waals surface area contributed by atoms with Gasteiger partial charge in [0.1, 0.15) is 12.0 Å². The number of amides is 1. The maximum Gasteiger partial charge on any atom is 0.298 e. The Labute approximate surface area is 163 Å². The van der Waals surface area contributed by atoms with Crippen molar-refractivity contribution in [1.29, 1.82) is 0 Å². The summed E-state index contributed by atoms with van der Waals surface area (Å²) in [6.07, 6.45) is -0.365. The summed E-state index contributed by atoms with van der Waals surface area (Å²) in [7, 11) is 0. The Morgan fingerprint density at radius 1 is 1.43 bits per heavy atom. The summed E-state index contributed by atoms with van der Waals surface area (Å²) in [5, 5.41) is 10.7. The lowest BCUT2D eigenvalue weighted by Crippen LogP contribution is -2.39. The predicted octanol–water partition coefficient (Wildman–Crippen LogP) is 1.93. The van der Waals surface area contributed by atoms with Crippen LogP contribution < -0.4 is 10.6 Å². The number of nitrogens with zero attached hydrogens (tertiary/aromatic N) is 2. The van der Waals surface area contributed by atoms with E-state index in [1.807, 2.05) is 23.6 Å². The van der Waals surface area contributed by atoms with Crippen LogP contribution in [0.2, 0.25) is 0 Å². The molecule has 0 bridgehead atoms. The molecule has 4 rings (SSSR count). The first-order chi connectivity index (χ1) is 13.3. The van der Waals surface area contributed by atoms with Gasteiger partial charge in [0.05, 0.1) is 17.2 Å². The van der Waals surface area contributed by atoms with Gasteiger partial charge in [-0.3, -0.25) is 4.79 Å². The van der Waals surface area contributed by atoms with Gasteiger partial charge in [0.25, 0.3) is 5.91 Å². The number of hydrogen-bond acceptors (Lipinski definition) is 4. The number of nitrogens with two attached hydrogens (primary N) is 1. The van der Waals surface area contributed by atoms with Crippen LogP contribution in [-0.4, -0.2) is 46.6 Å². The molecule has 3 heterocycles. The zero-order chi connectivity index (χ0) is 20.2. The molecule has 1 aromatic carbocycles. The van der Waals surface area contributed by atoms with Crippen LogP contribution in [0.5, 0.6) is 0 Å². The Balaban J connectivity index is 1.77. The summed E-state index contributed by atoms with van der Waals surface area (Å²) in [5.41, 5.74) is 9.05. The fraction of sp³-hybridized carbons (Fsp3) is 0.476. The van der Waals surface area contributed by atoms with Crippen LogP contribution in [-0.2, 0) is 4.79 Å². The fourth-order valence-electron chi connectivity index (χ4n) is 4.75. The van der Waals surface area contributed by atoms with E-state index in [0.717, 1.165) is 23.1 Å². The van der Waals surface area contributed by atoms with Gasteiger partial charge in [0.2, 0.25) is 0 Å². The molecule has 2 aliphatic heterocycles. The molecule has 6 nitrogen and oxygen atoms in total. The zero-order valence-electron chi connectivity index (χ0n) is 16.3. The molecule has 0 aliphatic carbocycles. The largest absolute Gasteiger partial charge is 0.374 e. The Bertz CT molecular complexity index is 1020. The Morgan fingerprint density at radius 3 is 2.86 bits per heavy atom. The van der Waals surface area contributed by atoms with Crippen molar-refractivity contribution in [3.8, 4) is 11.8 Å². The number of anilines is 1. The molecule has 3 unspecified atom stereocenters. The van der Waals surface area contributed by atoms with Crippen molar-refractivity contribution in [3.05, 3.63) is 28.7 Å². The van der Waals surface area contributed by atoms with E-state index in [9.17, 15) is 9.90 Å². The molecule has 4 N–H and O–H groups in total. The van der Waals surface area contributed by atoms with Gasteiger partial charge in [-0.15, -0.1) is 0 Å². The maximum atomic E-state index is 15.2. The number of aliphatic hydroxyl groups excluding tert-OH is 1. The van der Waals surface area contributed by atoms with Gasteiger partial charge in [-0.1, -0.05) is 5.92 Å². The smallest absolute Gasteiger partial charge is 0.298 e. The molecule has 28 heavy (non-hydrogen) atoms. The third-order valence-corrected chi connectivity index (χ3v) is 6.21. The average Bonchev–Trinajstić information content (AvgIpc) is 3.29. The number of H-pyrrole nitrogens is 1. The van der Waals surface area contributed by atoms with Crippen molar-refractivity contribution < 1.29 is 14.3 Å². The summed E-state index contributed by atoms with van der Waals surface area (Å²) < 4.78 is 15.2. The average molecular weight is 384 g/mol. The molecular weight excluding hydrogens is 359 g/mol. The summed E-state index contributed by atoms with van der Waals surface area (Å²) in [6.45, 7) is 7.48. The van der Waals surface area contributed by atoms with Crippen LogP contribution in [0.1, 0.15) is 36.4 Å². The van der Waals surface area contributed by atoms with Crippen molar-refractivity contribution in [2.75, 3.05) is 24.5 Å². The van der Waals surface area contributed by atoms with Crippen molar-refractivity contribution in [2.45, 2.75) is 39.5 Å². The van der Waals surface area contributed by atoms with Crippen molar-refractivity contribution in [3.63, 3.8) is 0 Å². The number of benzene rings is 1. The highest BCUT2D eigenvalue weighted by molar-refractivity contribution is 5.99. The second-order valence-corrected chi connectivity index (χ2v) is 7.76. The van der Waals surface area contributed by atoms with Crippen LogP contribution in [0.4, 0.5) is 10.1 Å². The van der Waals surface area contributed by atoms with E-state index in [4.69, 9.17) is 5.73 Å². The Kier molecular flexibility index (Phi) is 4.56. The van der Waals surface area contributed by atoms with Crippen LogP contribution in [0.25, 0.3) is 10.9 Å². The fourth-order valence-corrected chi connectivity index (χ4v) is 4.75. The number of halogens is 1. The molecule has 2 saturated heterocycles. The van der Waals surface area contributed by atoms with Gasteiger partial charge in [-0.25, -0.2) is 4.39 Å². The SMILES string of the molecule is CC#CC(=O)N1CCC2CN(c3c(F)cc(C(N)O)c4[nH]c(C)c(C)c34)CC21. The number of aromatic amines is 1. The van der Waals surface area contributed by atoms with Crippen LogP contribution in [0.15, 0.2) is 6.07 Å². The minimum atomic E-state index is -1.26. The first-order valence-electron chi connectivity index (χ1n) is 9.56. The number of fused-ring (bicyclic) bond motifs is 2. The van der Waals surface area contributed by atoms with E-state index < -0.39 is 12.0 Å². The van der Waals surface area contributed by atoms with Gasteiger partial charge in [0, 0.05) is 42.2 Å². The molecule has 0 saturated carbocycles. The number of hydrogen-bond donors (Lipinski definition) is 3. The van der Waals surface area contributed by atoms with E-state index in [-0.39, 0.29) is 11.9 Å². The van der Waals surface area contributed by atoms with Crippen LogP contribution in [0, 0.1) is 37.4 Å². The molecule has 1 aromatic heterocycles. The summed E-state index contributed by atoms with van der Waals surface area (Å²) in [5.74, 6) is 5.04. The number of carbonyl (C=O) groups is 1. The lowest BCUT2D eigenvalue weighted by atomic mass is 10.0. The number of rotatable bonds is 2. The number of nitrogens with one attached hydrogen (secondary N) is 1. The lowest BCUT2D eigenvalue weighted by Gasteiger charge is -2.26. The number of aliphatic hydroxyl groups is 1. The quantitative estimate of drug-likeness (QED) is 0.546. The van der Waals surface area contributed by atoms with Crippen molar-refractivity contribution in [1.82, 2.24) is 9.88 Å². The van der Waals surface area contributed by atoms with Crippen molar-refractivity contribution >= 4 is 22.5 Å². The Hall–Kier alpha value is -2.56. The second kappa shape index (κ2) is 6.80. The lowest BCUT2D eigenvalue weighted by molar-refractivity contribution is -0.125. The van der Waals surface area contributed by atoms with Gasteiger partial charge in [-0.05, 0) is 44.7 Å². The van der Waals surface area contributed by atoms with E-state index >= 15 is 4.39 Å².